The topological polar surface area (TPSA) is 60.6 Å². The van der Waals surface area contributed by atoms with Gasteiger partial charge in [0.2, 0.25) is 6.79 Å². The Morgan fingerprint density at radius 3 is 3.00 bits per heavy atom. The number of rotatable bonds is 2. The van der Waals surface area contributed by atoms with Gasteiger partial charge in [-0.1, -0.05) is 0 Å². The van der Waals surface area contributed by atoms with Gasteiger partial charge in [-0.15, -0.1) is 0 Å². The maximum Gasteiger partial charge on any atom is 0.231 e. The average Bonchev–Trinajstić information content (AvgIpc) is 2.99. The molecule has 0 saturated carbocycles. The summed E-state index contributed by atoms with van der Waals surface area (Å²) >= 11 is 0. The largest absolute Gasteiger partial charge is 0.454 e. The highest BCUT2D eigenvalue weighted by Crippen LogP contribution is 2.39. The van der Waals surface area contributed by atoms with Crippen molar-refractivity contribution in [3.8, 4) is 11.5 Å². The summed E-state index contributed by atoms with van der Waals surface area (Å²) in [5, 5.41) is 2.26. The van der Waals surface area contributed by atoms with Crippen LogP contribution in [0.4, 0.5) is 5.82 Å². The first kappa shape index (κ1) is 12.7. The third-order valence-electron chi connectivity index (χ3n) is 4.39. The molecule has 2 aromatic rings. The van der Waals surface area contributed by atoms with E-state index in [0.29, 0.717) is 12.7 Å². The number of fused-ring (bicyclic) bond motifs is 2. The predicted molar refractivity (Wildman–Crippen MR) is 81.9 cm³/mol. The minimum atomic E-state index is 0.299. The number of benzene rings is 1. The van der Waals surface area contributed by atoms with Crippen LogP contribution < -0.4 is 20.1 Å². The van der Waals surface area contributed by atoms with Gasteiger partial charge in [-0.3, -0.25) is 0 Å². The molecule has 5 heteroatoms. The summed E-state index contributed by atoms with van der Waals surface area (Å²) in [7, 11) is 0. The molecule has 3 heterocycles. The van der Waals surface area contributed by atoms with Gasteiger partial charge in [-0.2, -0.15) is 0 Å². The number of hydrogen-bond acceptors (Lipinski definition) is 5. The van der Waals surface area contributed by atoms with E-state index in [9.17, 15) is 0 Å². The lowest BCUT2D eigenvalue weighted by atomic mass is 9.98. The van der Waals surface area contributed by atoms with Crippen molar-refractivity contribution in [3.05, 3.63) is 24.4 Å². The van der Waals surface area contributed by atoms with E-state index in [-0.39, 0.29) is 0 Å². The van der Waals surface area contributed by atoms with Gasteiger partial charge in [0.25, 0.3) is 0 Å². The molecule has 1 aromatic carbocycles. The molecule has 1 atom stereocenters. The molecule has 4 rings (SSSR count). The average molecular weight is 285 g/mol. The van der Waals surface area contributed by atoms with E-state index in [1.54, 1.807) is 0 Å². The van der Waals surface area contributed by atoms with Gasteiger partial charge in [-0.05, 0) is 48.9 Å². The Hall–Kier alpha value is -2.01. The minimum Gasteiger partial charge on any atom is -0.454 e. The van der Waals surface area contributed by atoms with Crippen LogP contribution in [0.1, 0.15) is 12.8 Å². The molecule has 2 N–H and O–H groups in total. The fourth-order valence-electron chi connectivity index (χ4n) is 3.25. The van der Waals surface area contributed by atoms with Crippen LogP contribution in [-0.2, 0) is 0 Å². The Morgan fingerprint density at radius 1 is 1.29 bits per heavy atom. The first-order chi connectivity index (χ1) is 10.3. The monoisotopic (exact) mass is 285 g/mol. The Kier molecular flexibility index (Phi) is 3.07. The molecular weight excluding hydrogens is 266 g/mol. The summed E-state index contributed by atoms with van der Waals surface area (Å²) in [4.78, 5) is 6.97. The minimum absolute atomic E-state index is 0.299. The van der Waals surface area contributed by atoms with Crippen molar-refractivity contribution >= 4 is 16.6 Å². The number of nitrogens with zero attached hydrogens (tertiary/aromatic N) is 2. The molecule has 0 aliphatic carbocycles. The molecule has 110 valence electrons. The van der Waals surface area contributed by atoms with E-state index >= 15 is 0 Å². The van der Waals surface area contributed by atoms with E-state index < -0.39 is 0 Å². The van der Waals surface area contributed by atoms with Crippen molar-refractivity contribution in [2.24, 2.45) is 11.7 Å². The highest BCUT2D eigenvalue weighted by molar-refractivity contribution is 5.94. The van der Waals surface area contributed by atoms with Crippen LogP contribution in [0.2, 0.25) is 0 Å². The fourth-order valence-corrected chi connectivity index (χ4v) is 3.25. The van der Waals surface area contributed by atoms with E-state index in [4.69, 9.17) is 15.2 Å². The van der Waals surface area contributed by atoms with Gasteiger partial charge in [0.1, 0.15) is 5.82 Å². The lowest BCUT2D eigenvalue weighted by Crippen LogP contribution is -2.38. The zero-order valence-corrected chi connectivity index (χ0v) is 11.9. The number of hydrogen-bond donors (Lipinski definition) is 1. The van der Waals surface area contributed by atoms with Gasteiger partial charge >= 0.3 is 0 Å². The second-order valence-electron chi connectivity index (χ2n) is 5.75. The number of pyridine rings is 1. The SMILES string of the molecule is NCC1CCCN(c2nccc3cc4c(cc23)OCO4)C1. The van der Waals surface area contributed by atoms with Gasteiger partial charge in [0, 0.05) is 24.7 Å². The third kappa shape index (κ3) is 2.17. The molecule has 1 fully saturated rings. The van der Waals surface area contributed by atoms with E-state index in [1.165, 1.54) is 12.8 Å². The molecule has 0 spiro atoms. The molecule has 2 aliphatic rings. The van der Waals surface area contributed by atoms with Gasteiger partial charge in [0.15, 0.2) is 11.5 Å². The highest BCUT2D eigenvalue weighted by Gasteiger charge is 2.23. The maximum absolute atomic E-state index is 5.85. The summed E-state index contributed by atoms with van der Waals surface area (Å²) in [6.45, 7) is 3.06. The van der Waals surface area contributed by atoms with Gasteiger partial charge < -0.3 is 20.1 Å². The Balaban J connectivity index is 1.78. The zero-order valence-electron chi connectivity index (χ0n) is 11.9. The number of nitrogens with two attached hydrogens (primary N) is 1. The van der Waals surface area contributed by atoms with E-state index in [0.717, 1.165) is 47.7 Å². The molecule has 21 heavy (non-hydrogen) atoms. The lowest BCUT2D eigenvalue weighted by Gasteiger charge is -2.33. The van der Waals surface area contributed by atoms with Crippen molar-refractivity contribution in [2.45, 2.75) is 12.8 Å². The van der Waals surface area contributed by atoms with Crippen LogP contribution in [0.3, 0.4) is 0 Å². The summed E-state index contributed by atoms with van der Waals surface area (Å²) in [5.74, 6) is 3.22. The van der Waals surface area contributed by atoms with E-state index in [2.05, 4.69) is 9.88 Å². The second kappa shape index (κ2) is 5.07. The molecular formula is C16H19N3O2. The second-order valence-corrected chi connectivity index (χ2v) is 5.75. The zero-order chi connectivity index (χ0) is 14.2. The van der Waals surface area contributed by atoms with Crippen molar-refractivity contribution in [1.82, 2.24) is 4.98 Å². The molecule has 1 unspecified atom stereocenters. The van der Waals surface area contributed by atoms with Crippen LogP contribution in [-0.4, -0.2) is 31.4 Å². The standard InChI is InChI=1S/C16H19N3O2/c17-8-11-2-1-5-19(9-11)16-13-7-15-14(20-10-21-15)6-12(13)3-4-18-16/h3-4,6-7,11H,1-2,5,8-10,17H2. The summed E-state index contributed by atoms with van der Waals surface area (Å²) in [6, 6.07) is 6.10. The lowest BCUT2D eigenvalue weighted by molar-refractivity contribution is 0.174. The van der Waals surface area contributed by atoms with Crippen LogP contribution in [0, 0.1) is 5.92 Å². The Morgan fingerprint density at radius 2 is 2.14 bits per heavy atom. The van der Waals surface area contributed by atoms with Crippen molar-refractivity contribution in [3.63, 3.8) is 0 Å². The van der Waals surface area contributed by atoms with Crippen LogP contribution in [0.25, 0.3) is 10.8 Å². The molecule has 0 amide bonds. The normalized spacial score (nSPS) is 21.0. The van der Waals surface area contributed by atoms with Crippen molar-refractivity contribution in [2.75, 3.05) is 31.3 Å². The van der Waals surface area contributed by atoms with Crippen molar-refractivity contribution < 1.29 is 9.47 Å². The fraction of sp³-hybridized carbons (Fsp3) is 0.438. The molecule has 0 bridgehead atoms. The smallest absolute Gasteiger partial charge is 0.231 e. The highest BCUT2D eigenvalue weighted by atomic mass is 16.7. The molecule has 1 saturated heterocycles. The van der Waals surface area contributed by atoms with Gasteiger partial charge in [-0.25, -0.2) is 4.98 Å². The van der Waals surface area contributed by atoms with Crippen molar-refractivity contribution in [1.29, 1.82) is 0 Å². The summed E-state index contributed by atoms with van der Waals surface area (Å²) < 4.78 is 11.0. The number of piperidine rings is 1. The quantitative estimate of drug-likeness (QED) is 0.916. The van der Waals surface area contributed by atoms with Gasteiger partial charge in [0.05, 0.1) is 0 Å². The third-order valence-corrected chi connectivity index (χ3v) is 4.39. The summed E-state index contributed by atoms with van der Waals surface area (Å²) in [5.41, 5.74) is 5.85. The first-order valence-electron chi connectivity index (χ1n) is 7.48. The van der Waals surface area contributed by atoms with E-state index in [1.807, 2.05) is 24.4 Å². The Labute approximate surface area is 123 Å². The number of aromatic nitrogens is 1. The first-order valence-corrected chi connectivity index (χ1v) is 7.48. The molecule has 1 aromatic heterocycles. The molecule has 0 radical (unpaired) electrons. The van der Waals surface area contributed by atoms with Crippen LogP contribution >= 0.6 is 0 Å². The number of ether oxygens (including phenoxy) is 2. The van der Waals surface area contributed by atoms with Crippen LogP contribution in [0.5, 0.6) is 11.5 Å². The number of anilines is 1. The predicted octanol–water partition coefficient (Wildman–Crippen LogP) is 2.14. The summed E-state index contributed by atoms with van der Waals surface area (Å²) in [6.07, 6.45) is 4.25. The molecule has 5 nitrogen and oxygen atoms in total. The molecule has 2 aliphatic heterocycles. The van der Waals surface area contributed by atoms with Crippen LogP contribution in [0.15, 0.2) is 24.4 Å². The maximum atomic E-state index is 5.85. The Bertz CT molecular complexity index is 674.